The summed E-state index contributed by atoms with van der Waals surface area (Å²) >= 11 is 0. The van der Waals surface area contributed by atoms with Gasteiger partial charge in [-0.3, -0.25) is 0 Å². The van der Waals surface area contributed by atoms with Crippen LogP contribution in [-0.4, -0.2) is 39.8 Å². The first-order valence-electron chi connectivity index (χ1n) is 7.22. The summed E-state index contributed by atoms with van der Waals surface area (Å²) < 4.78 is 12.5. The summed E-state index contributed by atoms with van der Waals surface area (Å²) in [7, 11) is 1.60. The first-order valence-corrected chi connectivity index (χ1v) is 7.22. The zero-order valence-electron chi connectivity index (χ0n) is 13.0. The molecule has 0 saturated carbocycles. The summed E-state index contributed by atoms with van der Waals surface area (Å²) in [6.07, 6.45) is 6.41. The number of nitrogens with two attached hydrogens (primary N) is 1. The number of nitrogens with one attached hydrogen (secondary N) is 1. The second-order valence-corrected chi connectivity index (χ2v) is 4.65. The van der Waals surface area contributed by atoms with Gasteiger partial charge < -0.3 is 25.1 Å². The molecule has 2 aromatic rings. The average Bonchev–Trinajstić information content (AvgIpc) is 3.01. The van der Waals surface area contributed by atoms with E-state index < -0.39 is 0 Å². The van der Waals surface area contributed by atoms with Crippen molar-refractivity contribution < 1.29 is 9.47 Å². The van der Waals surface area contributed by atoms with E-state index in [2.05, 4.69) is 20.3 Å². The fraction of sp³-hybridized carbons (Fsp3) is 0.500. The Labute approximate surface area is 129 Å². The van der Waals surface area contributed by atoms with E-state index in [-0.39, 0.29) is 0 Å². The number of methoxy groups -OCH3 is 1. The molecule has 0 unspecified atom stereocenters. The predicted octanol–water partition coefficient (Wildman–Crippen LogP) is 1.30. The molecule has 0 saturated heterocycles. The quantitative estimate of drug-likeness (QED) is 0.673. The molecule has 0 fully saturated rings. The Morgan fingerprint density at radius 3 is 2.91 bits per heavy atom. The first kappa shape index (κ1) is 16.0. The number of ether oxygens (including phenoxy) is 2. The van der Waals surface area contributed by atoms with Crippen LogP contribution in [0.25, 0.3) is 0 Å². The predicted molar refractivity (Wildman–Crippen MR) is 83.7 cm³/mol. The first-order chi connectivity index (χ1) is 10.7. The van der Waals surface area contributed by atoms with Gasteiger partial charge in [0.2, 0.25) is 5.88 Å². The lowest BCUT2D eigenvalue weighted by Gasteiger charge is -2.13. The molecule has 8 nitrogen and oxygen atoms in total. The molecule has 0 bridgehead atoms. The zero-order valence-corrected chi connectivity index (χ0v) is 13.0. The maximum Gasteiger partial charge on any atom is 0.242 e. The second-order valence-electron chi connectivity index (χ2n) is 4.65. The molecule has 0 aromatic carbocycles. The lowest BCUT2D eigenvalue weighted by Crippen LogP contribution is -2.13. The monoisotopic (exact) mass is 306 g/mol. The highest BCUT2D eigenvalue weighted by atomic mass is 16.5. The maximum atomic E-state index is 6.04. The third kappa shape index (κ3) is 4.32. The number of nitrogen functional groups attached to an aromatic ring is 1. The normalized spacial score (nSPS) is 10.6. The number of hydrogen-bond donors (Lipinski definition) is 2. The van der Waals surface area contributed by atoms with Gasteiger partial charge in [0, 0.05) is 32.6 Å². The van der Waals surface area contributed by atoms with Gasteiger partial charge in [-0.2, -0.15) is 4.98 Å². The number of nitrogens with zero attached hydrogens (tertiary/aromatic N) is 4. The van der Waals surface area contributed by atoms with Gasteiger partial charge in [-0.05, 0) is 13.3 Å². The van der Waals surface area contributed by atoms with Crippen molar-refractivity contribution in [2.24, 2.45) is 0 Å². The van der Waals surface area contributed by atoms with Crippen LogP contribution >= 0.6 is 0 Å². The van der Waals surface area contributed by atoms with Crippen molar-refractivity contribution in [3.63, 3.8) is 0 Å². The van der Waals surface area contributed by atoms with Crippen molar-refractivity contribution in [3.05, 3.63) is 24.5 Å². The molecule has 0 spiro atoms. The van der Waals surface area contributed by atoms with Crippen LogP contribution in [0.5, 0.6) is 5.88 Å². The average molecular weight is 306 g/mol. The molecule has 3 N–H and O–H groups in total. The summed E-state index contributed by atoms with van der Waals surface area (Å²) in [5, 5.41) is 3.23. The Bertz CT molecular complexity index is 573. The van der Waals surface area contributed by atoms with Crippen LogP contribution in [0.4, 0.5) is 11.5 Å². The summed E-state index contributed by atoms with van der Waals surface area (Å²) in [6.45, 7) is 4.30. The minimum absolute atomic E-state index is 0.310. The van der Waals surface area contributed by atoms with Gasteiger partial charge in [0.05, 0.1) is 12.9 Å². The maximum absolute atomic E-state index is 6.04. The standard InChI is InChI=1S/C14H22N6O2/c1-3-22-14-12(15)13(18-11(19-14)9-21-2)17-5-4-7-20-8-6-16-10-20/h6,8,10H,3-5,7,9,15H2,1-2H3,(H,17,18,19). The molecule has 2 rings (SSSR count). The van der Waals surface area contributed by atoms with Crippen LogP contribution in [-0.2, 0) is 17.9 Å². The van der Waals surface area contributed by atoms with E-state index in [1.54, 1.807) is 19.6 Å². The Balaban J connectivity index is 1.98. The fourth-order valence-electron chi connectivity index (χ4n) is 1.96. The van der Waals surface area contributed by atoms with E-state index in [1.807, 2.05) is 17.7 Å². The molecular formula is C14H22N6O2. The van der Waals surface area contributed by atoms with Crippen molar-refractivity contribution in [2.45, 2.75) is 26.5 Å². The molecule has 2 heterocycles. The smallest absolute Gasteiger partial charge is 0.242 e. The summed E-state index contributed by atoms with van der Waals surface area (Å²) in [4.78, 5) is 12.6. The van der Waals surface area contributed by atoms with Gasteiger partial charge >= 0.3 is 0 Å². The van der Waals surface area contributed by atoms with Crippen molar-refractivity contribution >= 4 is 11.5 Å². The molecule has 0 amide bonds. The molecule has 0 aliphatic heterocycles. The lowest BCUT2D eigenvalue weighted by atomic mass is 10.4. The van der Waals surface area contributed by atoms with Crippen LogP contribution in [0.3, 0.4) is 0 Å². The molecule has 0 atom stereocenters. The van der Waals surface area contributed by atoms with E-state index in [4.69, 9.17) is 15.2 Å². The fourth-order valence-corrected chi connectivity index (χ4v) is 1.96. The molecule has 0 aliphatic carbocycles. The Morgan fingerprint density at radius 1 is 1.36 bits per heavy atom. The van der Waals surface area contributed by atoms with Crippen LogP contribution in [0.2, 0.25) is 0 Å². The van der Waals surface area contributed by atoms with Crippen LogP contribution in [0.1, 0.15) is 19.2 Å². The topological polar surface area (TPSA) is 100 Å². The van der Waals surface area contributed by atoms with Crippen molar-refractivity contribution in [3.8, 4) is 5.88 Å². The SMILES string of the molecule is CCOc1nc(COC)nc(NCCCn2ccnc2)c1N. The third-order valence-electron chi connectivity index (χ3n) is 2.96. The third-order valence-corrected chi connectivity index (χ3v) is 2.96. The van der Waals surface area contributed by atoms with Gasteiger partial charge in [-0.1, -0.05) is 0 Å². The summed E-state index contributed by atoms with van der Waals surface area (Å²) in [6, 6.07) is 0. The van der Waals surface area contributed by atoms with Gasteiger partial charge in [0.15, 0.2) is 11.6 Å². The van der Waals surface area contributed by atoms with Gasteiger partial charge in [-0.15, -0.1) is 0 Å². The van der Waals surface area contributed by atoms with E-state index >= 15 is 0 Å². The van der Waals surface area contributed by atoms with Gasteiger partial charge in [0.1, 0.15) is 12.3 Å². The second kappa shape index (κ2) is 8.18. The highest BCUT2D eigenvalue weighted by Gasteiger charge is 2.12. The molecule has 120 valence electrons. The molecule has 8 heteroatoms. The van der Waals surface area contributed by atoms with E-state index in [0.29, 0.717) is 36.4 Å². The van der Waals surface area contributed by atoms with Crippen molar-refractivity contribution in [2.75, 3.05) is 31.3 Å². The summed E-state index contributed by atoms with van der Waals surface area (Å²) in [5.74, 6) is 1.51. The van der Waals surface area contributed by atoms with Crippen molar-refractivity contribution in [1.82, 2.24) is 19.5 Å². The number of aryl methyl sites for hydroxylation is 1. The number of aromatic nitrogens is 4. The molecular weight excluding hydrogens is 284 g/mol. The lowest BCUT2D eigenvalue weighted by molar-refractivity contribution is 0.176. The minimum atomic E-state index is 0.310. The van der Waals surface area contributed by atoms with Crippen molar-refractivity contribution in [1.29, 1.82) is 0 Å². The Kier molecular flexibility index (Phi) is 5.96. The zero-order chi connectivity index (χ0) is 15.8. The highest BCUT2D eigenvalue weighted by molar-refractivity contribution is 5.66. The molecule has 22 heavy (non-hydrogen) atoms. The number of hydrogen-bond acceptors (Lipinski definition) is 7. The van der Waals surface area contributed by atoms with E-state index in [9.17, 15) is 0 Å². The summed E-state index contributed by atoms with van der Waals surface area (Å²) in [5.41, 5.74) is 6.46. The number of rotatable bonds is 9. The van der Waals surface area contributed by atoms with E-state index in [1.165, 1.54) is 0 Å². The van der Waals surface area contributed by atoms with Crippen LogP contribution in [0, 0.1) is 0 Å². The van der Waals surface area contributed by atoms with Gasteiger partial charge in [-0.25, -0.2) is 9.97 Å². The van der Waals surface area contributed by atoms with Crippen LogP contribution < -0.4 is 15.8 Å². The largest absolute Gasteiger partial charge is 0.476 e. The molecule has 0 radical (unpaired) electrons. The Hall–Kier alpha value is -2.35. The van der Waals surface area contributed by atoms with Gasteiger partial charge in [0.25, 0.3) is 0 Å². The highest BCUT2D eigenvalue weighted by Crippen LogP contribution is 2.26. The van der Waals surface area contributed by atoms with Crippen LogP contribution in [0.15, 0.2) is 18.7 Å². The Morgan fingerprint density at radius 2 is 2.23 bits per heavy atom. The molecule has 0 aliphatic rings. The number of anilines is 2. The molecule has 2 aromatic heterocycles. The minimum Gasteiger partial charge on any atom is -0.476 e. The van der Waals surface area contributed by atoms with E-state index in [0.717, 1.165) is 19.5 Å². The number of imidazole rings is 1.